The maximum atomic E-state index is 12.5. The minimum absolute atomic E-state index is 0.186. The Morgan fingerprint density at radius 1 is 1.08 bits per heavy atom. The number of anilines is 1. The molecule has 0 bridgehead atoms. The van der Waals surface area contributed by atoms with Crippen LogP contribution >= 0.6 is 0 Å². The molecule has 0 saturated heterocycles. The molecule has 0 radical (unpaired) electrons. The van der Waals surface area contributed by atoms with Crippen molar-refractivity contribution in [1.82, 2.24) is 10.3 Å². The van der Waals surface area contributed by atoms with E-state index in [9.17, 15) is 18.0 Å². The van der Waals surface area contributed by atoms with Crippen LogP contribution in [0.25, 0.3) is 23.3 Å². The number of nitrogens with one attached hydrogen (secondary N) is 3. The summed E-state index contributed by atoms with van der Waals surface area (Å²) in [5.74, 6) is 0.493. The van der Waals surface area contributed by atoms with E-state index in [0.717, 1.165) is 34.1 Å². The van der Waals surface area contributed by atoms with Gasteiger partial charge in [0.1, 0.15) is 5.75 Å². The van der Waals surface area contributed by atoms with Crippen molar-refractivity contribution < 1.29 is 17.9 Å². The maximum absolute atomic E-state index is 12.5. The minimum atomic E-state index is -3.46. The van der Waals surface area contributed by atoms with Crippen molar-refractivity contribution in [3.63, 3.8) is 0 Å². The Hall–Kier alpha value is -3.85. The number of amides is 1. The molecule has 2 aromatic carbocycles. The molecule has 0 aliphatic rings. The Kier molecular flexibility index (Phi) is 8.28. The summed E-state index contributed by atoms with van der Waals surface area (Å²) in [4.78, 5) is 26.8. The van der Waals surface area contributed by atoms with Crippen LogP contribution in [0.5, 0.6) is 5.75 Å². The van der Waals surface area contributed by atoms with Gasteiger partial charge >= 0.3 is 0 Å². The molecule has 37 heavy (non-hydrogen) atoms. The fraction of sp³-hybridized carbons (Fsp3) is 0.286. The number of methoxy groups -OCH3 is 1. The van der Waals surface area contributed by atoms with Crippen molar-refractivity contribution in [2.75, 3.05) is 18.1 Å². The van der Waals surface area contributed by atoms with Gasteiger partial charge in [-0.3, -0.25) is 14.3 Å². The summed E-state index contributed by atoms with van der Waals surface area (Å²) >= 11 is 0. The molecule has 9 heteroatoms. The number of H-pyrrole nitrogens is 1. The van der Waals surface area contributed by atoms with Crippen molar-refractivity contribution in [3.05, 3.63) is 81.3 Å². The van der Waals surface area contributed by atoms with E-state index in [4.69, 9.17) is 4.74 Å². The Morgan fingerprint density at radius 2 is 1.78 bits per heavy atom. The van der Waals surface area contributed by atoms with Crippen LogP contribution in [0.15, 0.2) is 53.5 Å². The monoisotopic (exact) mass is 523 g/mol. The molecule has 3 N–H and O–H groups in total. The zero-order valence-electron chi connectivity index (χ0n) is 21.9. The van der Waals surface area contributed by atoms with Crippen molar-refractivity contribution in [3.8, 4) is 16.9 Å². The van der Waals surface area contributed by atoms with Gasteiger partial charge in [0.2, 0.25) is 15.9 Å². The second kappa shape index (κ2) is 11.0. The van der Waals surface area contributed by atoms with Gasteiger partial charge < -0.3 is 15.0 Å². The lowest BCUT2D eigenvalue weighted by Gasteiger charge is -2.24. The summed E-state index contributed by atoms with van der Waals surface area (Å²) in [6, 6.07) is 12.6. The molecule has 196 valence electrons. The largest absolute Gasteiger partial charge is 0.496 e. The molecule has 1 heterocycles. The lowest BCUT2D eigenvalue weighted by Crippen LogP contribution is -2.19. The van der Waals surface area contributed by atoms with Gasteiger partial charge in [-0.2, -0.15) is 0 Å². The fourth-order valence-electron chi connectivity index (χ4n) is 3.96. The van der Waals surface area contributed by atoms with Gasteiger partial charge in [-0.1, -0.05) is 39.0 Å². The summed E-state index contributed by atoms with van der Waals surface area (Å²) in [5.41, 5.74) is 4.50. The van der Waals surface area contributed by atoms with Gasteiger partial charge in [-0.25, -0.2) is 8.42 Å². The second-order valence-corrected chi connectivity index (χ2v) is 11.6. The summed E-state index contributed by atoms with van der Waals surface area (Å²) in [7, 11) is -1.84. The molecule has 0 atom stereocenters. The molecule has 0 unspecified atom stereocenters. The molecule has 8 nitrogen and oxygen atoms in total. The maximum Gasteiger partial charge on any atom is 0.255 e. The first-order valence-electron chi connectivity index (χ1n) is 11.7. The Labute approximate surface area is 217 Å². The Balaban J connectivity index is 2.16. The number of aromatic nitrogens is 1. The van der Waals surface area contributed by atoms with Gasteiger partial charge in [-0.05, 0) is 58.5 Å². The van der Waals surface area contributed by atoms with Crippen LogP contribution in [-0.2, 0) is 26.8 Å². The SMILES string of the molecule is COc1c(/C=C/c2ccc(NS(C)(=O)=O)cc2CNC(C)=O)cc(-c2ccc[nH]c2=O)cc1C(C)(C)C. The van der Waals surface area contributed by atoms with Crippen LogP contribution in [0.4, 0.5) is 5.69 Å². The van der Waals surface area contributed by atoms with E-state index < -0.39 is 10.0 Å². The Bertz CT molecular complexity index is 1500. The lowest BCUT2D eigenvalue weighted by atomic mass is 9.83. The third-order valence-electron chi connectivity index (χ3n) is 5.68. The number of hydrogen-bond acceptors (Lipinski definition) is 5. The highest BCUT2D eigenvalue weighted by molar-refractivity contribution is 7.92. The number of rotatable bonds is 8. The van der Waals surface area contributed by atoms with E-state index in [1.165, 1.54) is 6.92 Å². The predicted molar refractivity (Wildman–Crippen MR) is 149 cm³/mol. The molecule has 0 spiro atoms. The summed E-state index contributed by atoms with van der Waals surface area (Å²) in [5, 5.41) is 2.77. The van der Waals surface area contributed by atoms with Gasteiger partial charge in [-0.15, -0.1) is 0 Å². The normalized spacial score (nSPS) is 11.9. The van der Waals surface area contributed by atoms with Gasteiger partial charge in [0, 0.05) is 42.0 Å². The Morgan fingerprint density at radius 3 is 2.38 bits per heavy atom. The van der Waals surface area contributed by atoms with E-state index in [2.05, 4.69) is 35.8 Å². The van der Waals surface area contributed by atoms with Crippen molar-refractivity contribution in [2.24, 2.45) is 0 Å². The first-order valence-corrected chi connectivity index (χ1v) is 13.6. The van der Waals surface area contributed by atoms with E-state index in [0.29, 0.717) is 17.0 Å². The molecule has 0 fully saturated rings. The first-order chi connectivity index (χ1) is 17.3. The molecular formula is C28H33N3O5S. The summed E-state index contributed by atoms with van der Waals surface area (Å²) in [6.45, 7) is 7.88. The molecule has 1 amide bonds. The van der Waals surface area contributed by atoms with Gasteiger partial charge in [0.15, 0.2) is 0 Å². The van der Waals surface area contributed by atoms with Crippen molar-refractivity contribution >= 4 is 33.8 Å². The third-order valence-corrected chi connectivity index (χ3v) is 6.28. The highest BCUT2D eigenvalue weighted by Gasteiger charge is 2.23. The highest BCUT2D eigenvalue weighted by Crippen LogP contribution is 2.38. The van der Waals surface area contributed by atoms with Gasteiger partial charge in [0.25, 0.3) is 5.56 Å². The van der Waals surface area contributed by atoms with Crippen LogP contribution in [0.1, 0.15) is 49.9 Å². The predicted octanol–water partition coefficient (Wildman–Crippen LogP) is 4.53. The van der Waals surface area contributed by atoms with Crippen LogP contribution < -0.4 is 20.3 Å². The van der Waals surface area contributed by atoms with E-state index in [1.807, 2.05) is 24.3 Å². The smallest absolute Gasteiger partial charge is 0.255 e. The molecule has 0 aliphatic heterocycles. The van der Waals surface area contributed by atoms with Crippen molar-refractivity contribution in [2.45, 2.75) is 39.7 Å². The second-order valence-electron chi connectivity index (χ2n) is 9.84. The number of ether oxygens (including phenoxy) is 1. The van der Waals surface area contributed by atoms with Crippen molar-refractivity contribution in [1.29, 1.82) is 0 Å². The average Bonchev–Trinajstić information content (AvgIpc) is 2.80. The van der Waals surface area contributed by atoms with E-state index in [1.54, 1.807) is 43.6 Å². The number of aromatic amines is 1. The fourth-order valence-corrected chi connectivity index (χ4v) is 4.52. The number of carbonyl (C=O) groups is 1. The zero-order chi connectivity index (χ0) is 27.4. The number of benzene rings is 2. The van der Waals surface area contributed by atoms with Crippen LogP contribution in [0, 0.1) is 0 Å². The summed E-state index contributed by atoms with van der Waals surface area (Å²) in [6.07, 6.45) is 6.45. The molecule has 0 aliphatic carbocycles. The molecule has 3 aromatic rings. The molecule has 1 aromatic heterocycles. The topological polar surface area (TPSA) is 117 Å². The van der Waals surface area contributed by atoms with Gasteiger partial charge in [0.05, 0.1) is 13.4 Å². The molecule has 3 rings (SSSR count). The lowest BCUT2D eigenvalue weighted by molar-refractivity contribution is -0.119. The number of pyridine rings is 1. The quantitative estimate of drug-likeness (QED) is 0.375. The number of sulfonamides is 1. The minimum Gasteiger partial charge on any atom is -0.496 e. The van der Waals surface area contributed by atoms with Crippen LogP contribution in [0.3, 0.4) is 0 Å². The number of carbonyl (C=O) groups excluding carboxylic acids is 1. The standard InChI is InChI=1S/C28H33N3O5S/c1-18(32)30-17-22-15-23(31-37(6,34)35)12-11-19(22)9-10-20-14-21(24-8-7-13-29-27(24)33)16-25(26(20)36-5)28(2,3)4/h7-16,31H,17H2,1-6H3,(H,29,33)(H,30,32)/b10-9+. The molecule has 0 saturated carbocycles. The van der Waals surface area contributed by atoms with E-state index in [-0.39, 0.29) is 23.4 Å². The summed E-state index contributed by atoms with van der Waals surface area (Å²) < 4.78 is 31.7. The highest BCUT2D eigenvalue weighted by atomic mass is 32.2. The zero-order valence-corrected chi connectivity index (χ0v) is 22.7. The third kappa shape index (κ3) is 7.33. The first kappa shape index (κ1) is 27.7. The van der Waals surface area contributed by atoms with E-state index >= 15 is 0 Å². The number of hydrogen-bond donors (Lipinski definition) is 3. The molecular weight excluding hydrogens is 490 g/mol. The van der Waals surface area contributed by atoms with Crippen LogP contribution in [-0.4, -0.2) is 32.7 Å². The average molecular weight is 524 g/mol. The van der Waals surface area contributed by atoms with Crippen LogP contribution in [0.2, 0.25) is 0 Å².